The van der Waals surface area contributed by atoms with E-state index in [0.717, 1.165) is 18.0 Å². The highest BCUT2D eigenvalue weighted by atomic mass is 19.4. The molecule has 1 amide bonds. The zero-order chi connectivity index (χ0) is 17.9. The molecule has 1 N–H and O–H groups in total. The van der Waals surface area contributed by atoms with Crippen molar-refractivity contribution < 1.29 is 27.5 Å². The predicted octanol–water partition coefficient (Wildman–Crippen LogP) is 2.08. The summed E-state index contributed by atoms with van der Waals surface area (Å²) in [5.74, 6) is -1.87. The molecule has 0 fully saturated rings. The number of rotatable bonds is 4. The van der Waals surface area contributed by atoms with Crippen LogP contribution in [0, 0.1) is 0 Å². The Hall–Kier alpha value is -2.84. The van der Waals surface area contributed by atoms with Gasteiger partial charge >= 0.3 is 12.1 Å². The summed E-state index contributed by atoms with van der Waals surface area (Å²) < 4.78 is 44.4. The van der Waals surface area contributed by atoms with E-state index in [1.807, 2.05) is 0 Å². The molecule has 2 aromatic rings. The lowest BCUT2D eigenvalue weighted by molar-refractivity contribution is -0.143. The van der Waals surface area contributed by atoms with E-state index in [0.29, 0.717) is 5.56 Å². The van der Waals surface area contributed by atoms with Crippen molar-refractivity contribution in [3.05, 3.63) is 53.3 Å². The van der Waals surface area contributed by atoms with Crippen LogP contribution in [0.2, 0.25) is 0 Å². The van der Waals surface area contributed by atoms with Crippen molar-refractivity contribution in [2.24, 2.45) is 7.05 Å². The predicted molar refractivity (Wildman–Crippen MR) is 76.9 cm³/mol. The van der Waals surface area contributed by atoms with Gasteiger partial charge in [-0.15, -0.1) is 0 Å². The maximum Gasteiger partial charge on any atom is 0.435 e. The average Bonchev–Trinajstić information content (AvgIpc) is 2.95. The van der Waals surface area contributed by atoms with E-state index in [9.17, 15) is 22.8 Å². The number of carbonyl (C=O) groups excluding carboxylic acids is 2. The quantitative estimate of drug-likeness (QED) is 0.864. The summed E-state index contributed by atoms with van der Waals surface area (Å²) >= 11 is 0. The van der Waals surface area contributed by atoms with Gasteiger partial charge in [-0.2, -0.15) is 18.3 Å². The molecule has 24 heavy (non-hydrogen) atoms. The van der Waals surface area contributed by atoms with E-state index < -0.39 is 35.4 Å². The third-order valence-corrected chi connectivity index (χ3v) is 3.19. The van der Waals surface area contributed by atoms with Gasteiger partial charge in [0.15, 0.2) is 11.7 Å². The lowest BCUT2D eigenvalue weighted by Crippen LogP contribution is -2.35. The van der Waals surface area contributed by atoms with Crippen LogP contribution in [0.3, 0.4) is 0 Å². The lowest BCUT2D eigenvalue weighted by atomic mass is 10.1. The topological polar surface area (TPSA) is 73.2 Å². The Bertz CT molecular complexity index is 741. The Morgan fingerprint density at radius 2 is 1.88 bits per heavy atom. The first-order valence-corrected chi connectivity index (χ1v) is 6.78. The molecule has 0 spiro atoms. The first-order chi connectivity index (χ1) is 11.2. The second-order valence-electron chi connectivity index (χ2n) is 4.90. The number of amides is 1. The Morgan fingerprint density at radius 3 is 2.42 bits per heavy atom. The number of aromatic nitrogens is 2. The molecule has 6 nitrogen and oxygen atoms in total. The average molecular weight is 341 g/mol. The molecule has 0 aliphatic rings. The van der Waals surface area contributed by atoms with Crippen molar-refractivity contribution in [3.8, 4) is 0 Å². The number of nitrogens with zero attached hydrogens (tertiary/aromatic N) is 2. The molecule has 0 aliphatic carbocycles. The monoisotopic (exact) mass is 341 g/mol. The number of ether oxygens (including phenoxy) is 1. The van der Waals surface area contributed by atoms with Gasteiger partial charge in [0.2, 0.25) is 0 Å². The molecule has 9 heteroatoms. The molecule has 1 heterocycles. The summed E-state index contributed by atoms with van der Waals surface area (Å²) in [4.78, 5) is 24.1. The zero-order valence-corrected chi connectivity index (χ0v) is 12.8. The van der Waals surface area contributed by atoms with Crippen LogP contribution in [-0.2, 0) is 22.8 Å². The van der Waals surface area contributed by atoms with Gasteiger partial charge in [-0.25, -0.2) is 4.79 Å². The van der Waals surface area contributed by atoms with E-state index in [2.05, 4.69) is 15.2 Å². The molecule has 0 saturated heterocycles. The summed E-state index contributed by atoms with van der Waals surface area (Å²) in [6, 6.07) is 6.82. The second kappa shape index (κ2) is 6.73. The number of alkyl halides is 3. The van der Waals surface area contributed by atoms with Crippen molar-refractivity contribution in [2.75, 3.05) is 7.11 Å². The summed E-state index contributed by atoms with van der Waals surface area (Å²) in [5, 5.41) is 5.52. The van der Waals surface area contributed by atoms with Gasteiger partial charge in [0.1, 0.15) is 0 Å². The van der Waals surface area contributed by atoms with Crippen LogP contribution in [-0.4, -0.2) is 28.8 Å². The van der Waals surface area contributed by atoms with Gasteiger partial charge in [0.25, 0.3) is 5.91 Å². The highest BCUT2D eigenvalue weighted by Crippen LogP contribution is 2.30. The van der Waals surface area contributed by atoms with Crippen molar-refractivity contribution >= 4 is 11.9 Å². The van der Waals surface area contributed by atoms with Crippen LogP contribution in [0.5, 0.6) is 0 Å². The summed E-state index contributed by atoms with van der Waals surface area (Å²) in [7, 11) is 2.39. The van der Waals surface area contributed by atoms with Crippen LogP contribution in [0.25, 0.3) is 0 Å². The van der Waals surface area contributed by atoms with Crippen LogP contribution < -0.4 is 5.32 Å². The number of hydrogen-bond acceptors (Lipinski definition) is 4. The summed E-state index contributed by atoms with van der Waals surface area (Å²) in [5.41, 5.74) is -1.61. The van der Waals surface area contributed by atoms with Crippen LogP contribution in [0.4, 0.5) is 13.2 Å². The number of halogens is 3. The largest absolute Gasteiger partial charge is 0.467 e. The van der Waals surface area contributed by atoms with E-state index in [1.54, 1.807) is 30.3 Å². The van der Waals surface area contributed by atoms with Gasteiger partial charge in [0.05, 0.1) is 12.7 Å². The normalized spacial score (nSPS) is 12.5. The third-order valence-electron chi connectivity index (χ3n) is 3.19. The van der Waals surface area contributed by atoms with Crippen molar-refractivity contribution in [1.82, 2.24) is 15.1 Å². The number of hydrogen-bond donors (Lipinski definition) is 1. The summed E-state index contributed by atoms with van der Waals surface area (Å²) in [6.07, 6.45) is -3.85. The van der Waals surface area contributed by atoms with Crippen LogP contribution in [0.1, 0.15) is 27.7 Å². The molecule has 1 aromatic carbocycles. The van der Waals surface area contributed by atoms with E-state index in [1.165, 1.54) is 7.05 Å². The summed E-state index contributed by atoms with van der Waals surface area (Å²) in [6.45, 7) is 0. The zero-order valence-electron chi connectivity index (χ0n) is 12.8. The molecule has 128 valence electrons. The van der Waals surface area contributed by atoms with Crippen LogP contribution >= 0.6 is 0 Å². The van der Waals surface area contributed by atoms with Gasteiger partial charge < -0.3 is 10.1 Å². The van der Waals surface area contributed by atoms with Gasteiger partial charge in [-0.3, -0.25) is 9.48 Å². The molecule has 0 aliphatic heterocycles. The molecular weight excluding hydrogens is 327 g/mol. The Morgan fingerprint density at radius 1 is 1.25 bits per heavy atom. The Kier molecular flexibility index (Phi) is 4.91. The molecule has 0 bridgehead atoms. The van der Waals surface area contributed by atoms with Gasteiger partial charge in [-0.05, 0) is 5.56 Å². The molecule has 0 radical (unpaired) electrons. The fraction of sp³-hybridized carbons (Fsp3) is 0.267. The Balaban J connectivity index is 2.34. The number of nitrogens with one attached hydrogen (secondary N) is 1. The minimum atomic E-state index is -4.79. The number of carbonyl (C=O) groups is 2. The molecule has 0 unspecified atom stereocenters. The van der Waals surface area contributed by atoms with Crippen molar-refractivity contribution in [2.45, 2.75) is 12.2 Å². The fourth-order valence-corrected chi connectivity index (χ4v) is 2.11. The minimum Gasteiger partial charge on any atom is -0.467 e. The van der Waals surface area contributed by atoms with Crippen LogP contribution in [0.15, 0.2) is 36.5 Å². The van der Waals surface area contributed by atoms with Gasteiger partial charge in [-0.1, -0.05) is 30.3 Å². The molecule has 1 aromatic heterocycles. The third kappa shape index (κ3) is 3.73. The maximum absolute atomic E-state index is 13.0. The van der Waals surface area contributed by atoms with E-state index in [4.69, 9.17) is 0 Å². The molecule has 2 rings (SSSR count). The van der Waals surface area contributed by atoms with Crippen molar-refractivity contribution in [3.63, 3.8) is 0 Å². The number of aryl methyl sites for hydroxylation is 1. The molecular formula is C15H14F3N3O3. The second-order valence-corrected chi connectivity index (χ2v) is 4.90. The fourth-order valence-electron chi connectivity index (χ4n) is 2.11. The van der Waals surface area contributed by atoms with Crippen molar-refractivity contribution in [1.29, 1.82) is 0 Å². The van der Waals surface area contributed by atoms with Gasteiger partial charge in [0, 0.05) is 13.2 Å². The first kappa shape index (κ1) is 17.5. The SMILES string of the molecule is COC(=O)[C@H](NC(=O)c1cn(C)nc1C(F)(F)F)c1ccccc1. The smallest absolute Gasteiger partial charge is 0.435 e. The van der Waals surface area contributed by atoms with E-state index in [-0.39, 0.29) is 0 Å². The lowest BCUT2D eigenvalue weighted by Gasteiger charge is -2.17. The maximum atomic E-state index is 13.0. The molecule has 1 atom stereocenters. The molecule has 0 saturated carbocycles. The first-order valence-electron chi connectivity index (χ1n) is 6.78. The highest BCUT2D eigenvalue weighted by Gasteiger charge is 2.39. The minimum absolute atomic E-state index is 0.384. The number of benzene rings is 1. The number of esters is 1. The highest BCUT2D eigenvalue weighted by molar-refractivity contribution is 5.98. The van der Waals surface area contributed by atoms with E-state index >= 15 is 0 Å². The standard InChI is InChI=1S/C15H14F3N3O3/c1-21-8-10(12(20-21)15(16,17)18)13(22)19-11(14(23)24-2)9-6-4-3-5-7-9/h3-8,11H,1-2H3,(H,19,22)/t11-/m1/s1. The Labute approximate surface area is 135 Å². The number of methoxy groups -OCH3 is 1.